The van der Waals surface area contributed by atoms with E-state index in [0.717, 1.165) is 19.5 Å². The highest BCUT2D eigenvalue weighted by Crippen LogP contribution is 2.12. The van der Waals surface area contributed by atoms with Crippen LogP contribution in [0.2, 0.25) is 0 Å². The fraction of sp³-hybridized carbons (Fsp3) is 0.778. The van der Waals surface area contributed by atoms with E-state index in [0.29, 0.717) is 13.0 Å². The van der Waals surface area contributed by atoms with Gasteiger partial charge in [0.2, 0.25) is 0 Å². The first-order chi connectivity index (χ1) is 6.77. The molecule has 2 aliphatic rings. The molecule has 1 amide bonds. The summed E-state index contributed by atoms with van der Waals surface area (Å²) in [5.74, 6) is -0.337. The van der Waals surface area contributed by atoms with Crippen LogP contribution >= 0.6 is 0 Å². The number of nitrogens with zero attached hydrogens (tertiary/aromatic N) is 1. The van der Waals surface area contributed by atoms with Gasteiger partial charge in [0.05, 0.1) is 6.42 Å². The third-order valence-corrected chi connectivity index (χ3v) is 2.71. The Balaban J connectivity index is 2.01. The molecule has 0 aromatic heterocycles. The van der Waals surface area contributed by atoms with Crippen LogP contribution in [0.3, 0.4) is 0 Å². The van der Waals surface area contributed by atoms with Crippen molar-refractivity contribution in [2.75, 3.05) is 26.2 Å². The molecule has 14 heavy (non-hydrogen) atoms. The van der Waals surface area contributed by atoms with E-state index in [4.69, 9.17) is 4.74 Å². The van der Waals surface area contributed by atoms with Gasteiger partial charge >= 0.3 is 5.97 Å². The number of hydrogen-bond donors (Lipinski definition) is 1. The van der Waals surface area contributed by atoms with Crippen molar-refractivity contribution in [2.45, 2.75) is 18.9 Å². The third kappa shape index (κ3) is 1.87. The number of rotatable bonds is 1. The largest absolute Gasteiger partial charge is 0.456 e. The van der Waals surface area contributed by atoms with E-state index in [1.807, 2.05) is 0 Å². The summed E-state index contributed by atoms with van der Waals surface area (Å²) >= 11 is 0. The summed E-state index contributed by atoms with van der Waals surface area (Å²) in [5.41, 5.74) is 0. The molecule has 2 fully saturated rings. The summed E-state index contributed by atoms with van der Waals surface area (Å²) in [6.45, 7) is 2.20. The van der Waals surface area contributed by atoms with Crippen molar-refractivity contribution in [3.05, 3.63) is 0 Å². The molecule has 1 atom stereocenters. The molecule has 0 saturated carbocycles. The molecule has 5 heteroatoms. The van der Waals surface area contributed by atoms with E-state index in [1.54, 1.807) is 4.90 Å². The number of cyclic esters (lactones) is 1. The van der Waals surface area contributed by atoms with Crippen LogP contribution < -0.4 is 5.32 Å². The fourth-order valence-electron chi connectivity index (χ4n) is 1.93. The van der Waals surface area contributed by atoms with Crippen LogP contribution in [-0.4, -0.2) is 49.1 Å². The lowest BCUT2D eigenvalue weighted by Gasteiger charge is -2.25. The number of amides is 1. The lowest BCUT2D eigenvalue weighted by molar-refractivity contribution is -0.147. The topological polar surface area (TPSA) is 58.6 Å². The maximum absolute atomic E-state index is 11.6. The van der Waals surface area contributed by atoms with Crippen molar-refractivity contribution in [3.8, 4) is 0 Å². The zero-order valence-electron chi connectivity index (χ0n) is 7.99. The third-order valence-electron chi connectivity index (χ3n) is 2.71. The van der Waals surface area contributed by atoms with E-state index in [1.165, 1.54) is 0 Å². The lowest BCUT2D eigenvalue weighted by Crippen LogP contribution is -2.42. The van der Waals surface area contributed by atoms with E-state index in [9.17, 15) is 9.59 Å². The Morgan fingerprint density at radius 2 is 2.29 bits per heavy atom. The minimum absolute atomic E-state index is 0.0652. The molecular formula is C9H14N2O3. The molecule has 2 aliphatic heterocycles. The van der Waals surface area contributed by atoms with Crippen LogP contribution in [0.15, 0.2) is 0 Å². The minimum atomic E-state index is -0.271. The molecule has 0 aromatic rings. The first-order valence-corrected chi connectivity index (χ1v) is 4.93. The predicted octanol–water partition coefficient (Wildman–Crippen LogP) is -0.876. The Labute approximate surface area is 82.4 Å². The highest BCUT2D eigenvalue weighted by Gasteiger charge is 2.29. The SMILES string of the molecule is O=C1CCN(C2CCNC2)C(=O)CO1. The van der Waals surface area contributed by atoms with Gasteiger partial charge in [-0.25, -0.2) is 0 Å². The Morgan fingerprint density at radius 1 is 1.43 bits per heavy atom. The lowest BCUT2D eigenvalue weighted by atomic mass is 10.2. The normalized spacial score (nSPS) is 28.9. The second-order valence-corrected chi connectivity index (χ2v) is 3.64. The quantitative estimate of drug-likeness (QED) is 0.556. The second-order valence-electron chi connectivity index (χ2n) is 3.64. The summed E-state index contributed by atoms with van der Waals surface area (Å²) < 4.78 is 4.75. The van der Waals surface area contributed by atoms with Gasteiger partial charge < -0.3 is 15.0 Å². The zero-order valence-corrected chi connectivity index (χ0v) is 7.99. The Kier molecular flexibility index (Phi) is 2.67. The maximum atomic E-state index is 11.6. The number of hydrogen-bond acceptors (Lipinski definition) is 4. The van der Waals surface area contributed by atoms with E-state index < -0.39 is 0 Å². The summed E-state index contributed by atoms with van der Waals surface area (Å²) in [5, 5.41) is 3.20. The van der Waals surface area contributed by atoms with E-state index in [-0.39, 0.29) is 24.5 Å². The van der Waals surface area contributed by atoms with Crippen LogP contribution in [0.4, 0.5) is 0 Å². The second kappa shape index (κ2) is 3.96. The standard InChI is InChI=1S/C9H14N2O3/c12-8-6-14-9(13)2-4-11(8)7-1-3-10-5-7/h7,10H,1-6H2. The van der Waals surface area contributed by atoms with Crippen molar-refractivity contribution in [1.82, 2.24) is 10.2 Å². The highest BCUT2D eigenvalue weighted by atomic mass is 16.5. The molecule has 0 aliphatic carbocycles. The molecule has 2 saturated heterocycles. The van der Waals surface area contributed by atoms with Crippen molar-refractivity contribution in [2.24, 2.45) is 0 Å². The molecule has 2 heterocycles. The molecule has 0 aromatic carbocycles. The van der Waals surface area contributed by atoms with Gasteiger partial charge in [0.25, 0.3) is 5.91 Å². The first-order valence-electron chi connectivity index (χ1n) is 4.93. The smallest absolute Gasteiger partial charge is 0.308 e. The van der Waals surface area contributed by atoms with Gasteiger partial charge in [-0.2, -0.15) is 0 Å². The number of carbonyl (C=O) groups is 2. The summed E-state index contributed by atoms with van der Waals surface area (Å²) in [4.78, 5) is 24.3. The molecule has 0 spiro atoms. The number of nitrogens with one attached hydrogen (secondary N) is 1. The van der Waals surface area contributed by atoms with Crippen LogP contribution in [0, 0.1) is 0 Å². The maximum Gasteiger partial charge on any atom is 0.308 e. The van der Waals surface area contributed by atoms with E-state index >= 15 is 0 Å². The highest BCUT2D eigenvalue weighted by molar-refractivity contribution is 5.83. The molecule has 1 N–H and O–H groups in total. The molecule has 0 bridgehead atoms. The van der Waals surface area contributed by atoms with Crippen molar-refractivity contribution in [1.29, 1.82) is 0 Å². The number of carbonyl (C=O) groups excluding carboxylic acids is 2. The van der Waals surface area contributed by atoms with E-state index in [2.05, 4.69) is 5.32 Å². The molecule has 78 valence electrons. The summed E-state index contributed by atoms with van der Waals surface area (Å²) in [7, 11) is 0. The summed E-state index contributed by atoms with van der Waals surface area (Å²) in [6, 6.07) is 0.247. The average molecular weight is 198 g/mol. The molecular weight excluding hydrogens is 184 g/mol. The van der Waals surface area contributed by atoms with Gasteiger partial charge in [0, 0.05) is 19.1 Å². The Morgan fingerprint density at radius 3 is 3.00 bits per heavy atom. The first kappa shape index (κ1) is 9.45. The van der Waals surface area contributed by atoms with Gasteiger partial charge in [-0.3, -0.25) is 9.59 Å². The van der Waals surface area contributed by atoms with Gasteiger partial charge in [-0.15, -0.1) is 0 Å². The predicted molar refractivity (Wildman–Crippen MR) is 48.6 cm³/mol. The van der Waals surface area contributed by atoms with Crippen LogP contribution in [0.1, 0.15) is 12.8 Å². The fourth-order valence-corrected chi connectivity index (χ4v) is 1.93. The van der Waals surface area contributed by atoms with Crippen molar-refractivity contribution < 1.29 is 14.3 Å². The summed E-state index contributed by atoms with van der Waals surface area (Å²) in [6.07, 6.45) is 1.29. The van der Waals surface area contributed by atoms with Gasteiger partial charge in [0.15, 0.2) is 6.61 Å². The molecule has 1 unspecified atom stereocenters. The molecule has 5 nitrogen and oxygen atoms in total. The van der Waals surface area contributed by atoms with Crippen LogP contribution in [-0.2, 0) is 14.3 Å². The number of ether oxygens (including phenoxy) is 1. The van der Waals surface area contributed by atoms with Gasteiger partial charge in [-0.05, 0) is 13.0 Å². The minimum Gasteiger partial charge on any atom is -0.456 e. The Hall–Kier alpha value is -1.10. The van der Waals surface area contributed by atoms with Crippen LogP contribution in [0.5, 0.6) is 0 Å². The molecule has 0 radical (unpaired) electrons. The number of esters is 1. The zero-order chi connectivity index (χ0) is 9.97. The Bertz CT molecular complexity index is 248. The van der Waals surface area contributed by atoms with Crippen LogP contribution in [0.25, 0.3) is 0 Å². The monoisotopic (exact) mass is 198 g/mol. The van der Waals surface area contributed by atoms with Crippen molar-refractivity contribution >= 4 is 11.9 Å². The molecule has 2 rings (SSSR count). The van der Waals surface area contributed by atoms with Crippen molar-refractivity contribution in [3.63, 3.8) is 0 Å². The average Bonchev–Trinajstić information content (AvgIpc) is 2.63. The van der Waals surface area contributed by atoms with Gasteiger partial charge in [0.1, 0.15) is 0 Å². The van der Waals surface area contributed by atoms with Gasteiger partial charge in [-0.1, -0.05) is 0 Å².